The highest BCUT2D eigenvalue weighted by Gasteiger charge is 2.35. The van der Waals surface area contributed by atoms with Gasteiger partial charge >= 0.3 is 0 Å². The van der Waals surface area contributed by atoms with Crippen LogP contribution in [0, 0.1) is 13.8 Å². The van der Waals surface area contributed by atoms with E-state index in [1.165, 1.54) is 31.8 Å². The molecular formula is C27H31N7O5S. The van der Waals surface area contributed by atoms with Gasteiger partial charge in [-0.25, -0.2) is 18.4 Å². The molecule has 0 unspecified atom stereocenters. The highest BCUT2D eigenvalue weighted by molar-refractivity contribution is 7.93. The number of hydrogen-bond donors (Lipinski definition) is 1. The van der Waals surface area contributed by atoms with E-state index >= 15 is 0 Å². The lowest BCUT2D eigenvalue weighted by atomic mass is 10.2. The number of nitrogens with one attached hydrogen (secondary N) is 1. The summed E-state index contributed by atoms with van der Waals surface area (Å²) in [4.78, 5) is 12.9. The van der Waals surface area contributed by atoms with Gasteiger partial charge in [0.1, 0.15) is 28.5 Å². The van der Waals surface area contributed by atoms with Crippen LogP contribution in [0.5, 0.6) is 11.5 Å². The minimum Gasteiger partial charge on any atom is -0.494 e. The van der Waals surface area contributed by atoms with Crippen molar-refractivity contribution in [2.75, 3.05) is 25.5 Å². The van der Waals surface area contributed by atoms with E-state index in [-0.39, 0.29) is 18.4 Å². The molecule has 1 N–H and O–H groups in total. The number of nitrogens with zero attached hydrogens (tertiary/aromatic N) is 6. The summed E-state index contributed by atoms with van der Waals surface area (Å²) in [5.41, 5.74) is 2.73. The molecule has 13 heteroatoms. The van der Waals surface area contributed by atoms with E-state index in [1.807, 2.05) is 19.9 Å². The number of methoxy groups -OCH3 is 2. The van der Waals surface area contributed by atoms with Crippen LogP contribution in [0.15, 0.2) is 61.7 Å². The van der Waals surface area contributed by atoms with Crippen LogP contribution in [0.3, 0.4) is 0 Å². The Balaban J connectivity index is 1.84. The van der Waals surface area contributed by atoms with Crippen LogP contribution in [-0.2, 0) is 14.8 Å². The van der Waals surface area contributed by atoms with E-state index < -0.39 is 21.4 Å². The fraction of sp³-hybridized carbons (Fsp3) is 0.296. The molecule has 0 fully saturated rings. The smallest absolute Gasteiger partial charge is 0.243 e. The lowest BCUT2D eigenvalue weighted by molar-refractivity contribution is 0.0670. The molecule has 0 amide bonds. The predicted molar refractivity (Wildman–Crippen MR) is 150 cm³/mol. The number of para-hydroxylation sites is 1. The quantitative estimate of drug-likeness (QED) is 0.252. The molecule has 2 atom stereocenters. The molecule has 0 aliphatic heterocycles. The van der Waals surface area contributed by atoms with Crippen molar-refractivity contribution >= 4 is 16.0 Å². The average Bonchev–Trinajstić information content (AvgIpc) is 3.35. The summed E-state index contributed by atoms with van der Waals surface area (Å²) in [5, 5.41) is 7.41. The van der Waals surface area contributed by atoms with Crippen LogP contribution >= 0.6 is 0 Å². The fourth-order valence-electron chi connectivity index (χ4n) is 4.00. The van der Waals surface area contributed by atoms with Gasteiger partial charge < -0.3 is 14.2 Å². The van der Waals surface area contributed by atoms with Gasteiger partial charge in [0.25, 0.3) is 0 Å². The summed E-state index contributed by atoms with van der Waals surface area (Å²) in [6.07, 6.45) is 7.06. The second-order valence-corrected chi connectivity index (χ2v) is 11.0. The van der Waals surface area contributed by atoms with Crippen LogP contribution < -0.4 is 14.2 Å². The number of ether oxygens (including phenoxy) is 3. The highest BCUT2D eigenvalue weighted by Crippen LogP contribution is 2.38. The van der Waals surface area contributed by atoms with Gasteiger partial charge in [0, 0.05) is 30.4 Å². The normalized spacial score (nSPS) is 12.9. The van der Waals surface area contributed by atoms with E-state index in [0.29, 0.717) is 28.6 Å². The molecule has 4 rings (SSSR count). The van der Waals surface area contributed by atoms with Gasteiger partial charge in [-0.3, -0.25) is 14.3 Å². The lowest BCUT2D eigenvalue weighted by Gasteiger charge is -2.24. The minimum atomic E-state index is -4.16. The Morgan fingerprint density at radius 3 is 2.30 bits per heavy atom. The Bertz CT molecular complexity index is 1570. The highest BCUT2D eigenvalue weighted by atomic mass is 32.2. The van der Waals surface area contributed by atoms with Crippen molar-refractivity contribution in [2.45, 2.75) is 32.1 Å². The first-order chi connectivity index (χ1) is 19.2. The maximum absolute atomic E-state index is 13.8. The molecule has 3 aromatic heterocycles. The van der Waals surface area contributed by atoms with E-state index in [4.69, 9.17) is 14.2 Å². The molecule has 210 valence electrons. The van der Waals surface area contributed by atoms with Gasteiger partial charge in [0.2, 0.25) is 16.0 Å². The molecular weight excluding hydrogens is 534 g/mol. The third-order valence-electron chi connectivity index (χ3n) is 6.02. The van der Waals surface area contributed by atoms with Crippen LogP contribution in [-0.4, -0.2) is 64.2 Å². The number of hydrogen-bond acceptors (Lipinski definition) is 10. The van der Waals surface area contributed by atoms with E-state index in [9.17, 15) is 8.42 Å². The zero-order chi connectivity index (χ0) is 28.9. The fourth-order valence-corrected chi connectivity index (χ4v) is 5.10. The molecule has 0 radical (unpaired) electrons. The maximum Gasteiger partial charge on any atom is 0.243 e. The largest absolute Gasteiger partial charge is 0.494 e. The summed E-state index contributed by atoms with van der Waals surface area (Å²) < 4.78 is 48.8. The molecule has 0 saturated heterocycles. The molecule has 12 nitrogen and oxygen atoms in total. The van der Waals surface area contributed by atoms with Gasteiger partial charge in [-0.05, 0) is 50.1 Å². The Labute approximate surface area is 233 Å². The van der Waals surface area contributed by atoms with Crippen molar-refractivity contribution in [2.24, 2.45) is 0 Å². The zero-order valence-electron chi connectivity index (χ0n) is 22.9. The minimum absolute atomic E-state index is 0.0848. The van der Waals surface area contributed by atoms with Crippen molar-refractivity contribution in [1.82, 2.24) is 29.7 Å². The van der Waals surface area contributed by atoms with Crippen LogP contribution in [0.4, 0.5) is 5.95 Å². The van der Waals surface area contributed by atoms with E-state index in [2.05, 4.69) is 36.5 Å². The Morgan fingerprint density at radius 1 is 1.02 bits per heavy atom. The molecule has 40 heavy (non-hydrogen) atoms. The topological polar surface area (TPSA) is 143 Å². The van der Waals surface area contributed by atoms with Crippen molar-refractivity contribution < 1.29 is 22.6 Å². The van der Waals surface area contributed by atoms with Gasteiger partial charge in [0.05, 0.1) is 20.8 Å². The summed E-state index contributed by atoms with van der Waals surface area (Å²) in [5.74, 6) is 1.29. The summed E-state index contributed by atoms with van der Waals surface area (Å²) in [6.45, 7) is 9.00. The van der Waals surface area contributed by atoms with Crippen molar-refractivity contribution in [3.8, 4) is 28.6 Å². The second-order valence-electron chi connectivity index (χ2n) is 8.96. The Kier molecular flexibility index (Phi) is 8.75. The first kappa shape index (κ1) is 28.6. The molecule has 0 aliphatic carbocycles. The van der Waals surface area contributed by atoms with E-state index in [0.717, 1.165) is 11.1 Å². The predicted octanol–water partition coefficient (Wildman–Crippen LogP) is 3.83. The molecule has 3 heterocycles. The number of benzene rings is 1. The average molecular weight is 566 g/mol. The van der Waals surface area contributed by atoms with Crippen LogP contribution in [0.25, 0.3) is 17.1 Å². The number of sulfonamides is 1. The molecule has 0 aliphatic rings. The van der Waals surface area contributed by atoms with Gasteiger partial charge in [-0.15, -0.1) is 16.8 Å². The summed E-state index contributed by atoms with van der Waals surface area (Å²) >= 11 is 0. The number of aryl methyl sites for hydroxylation is 2. The summed E-state index contributed by atoms with van der Waals surface area (Å²) in [6, 6.07) is 7.08. The maximum atomic E-state index is 13.8. The molecule has 0 spiro atoms. The number of rotatable bonds is 12. The third kappa shape index (κ3) is 5.95. The molecule has 1 aromatic carbocycles. The number of pyridine rings is 1. The molecule has 0 saturated carbocycles. The summed E-state index contributed by atoms with van der Waals surface area (Å²) in [7, 11) is -1.15. The van der Waals surface area contributed by atoms with Gasteiger partial charge in [-0.1, -0.05) is 12.1 Å². The Hall–Kier alpha value is -4.36. The standard InChI is InChI=1S/C27H31N7O5S/c1-7-11-39-24(25-29-14-18(3)15-30-25)19(4)40(35,36)33-27-32-31-26(20-12-17(2)13-28-16-20)34(27)23-21(37-5)9-8-10-22(23)38-6/h7-10,12-16,19,24H,1,11H2,2-6H3,(H,32,33)/t19-,24-/m1/s1. The third-order valence-corrected chi connectivity index (χ3v) is 7.71. The van der Waals surface area contributed by atoms with Crippen molar-refractivity contribution in [3.63, 3.8) is 0 Å². The molecule has 4 aromatic rings. The monoisotopic (exact) mass is 565 g/mol. The van der Waals surface area contributed by atoms with Crippen LogP contribution in [0.2, 0.25) is 0 Å². The molecule has 0 bridgehead atoms. The zero-order valence-corrected chi connectivity index (χ0v) is 23.7. The Morgan fingerprint density at radius 2 is 1.70 bits per heavy atom. The first-order valence-corrected chi connectivity index (χ1v) is 13.9. The SMILES string of the molecule is C=CCO[C@@H](c1ncc(C)cn1)[C@@H](C)S(=O)(=O)Nc1nnc(-c2cncc(C)c2)n1-c1c(OC)cccc1OC. The first-order valence-electron chi connectivity index (χ1n) is 12.3. The van der Waals surface area contributed by atoms with Crippen molar-refractivity contribution in [3.05, 3.63) is 78.7 Å². The number of anilines is 1. The lowest BCUT2D eigenvalue weighted by Crippen LogP contribution is -2.34. The van der Waals surface area contributed by atoms with Crippen molar-refractivity contribution in [1.29, 1.82) is 0 Å². The number of aromatic nitrogens is 6. The van der Waals surface area contributed by atoms with Crippen LogP contribution in [0.1, 0.15) is 30.0 Å². The second kappa shape index (κ2) is 12.2. The van der Waals surface area contributed by atoms with Gasteiger partial charge in [-0.2, -0.15) is 0 Å². The van der Waals surface area contributed by atoms with E-state index in [1.54, 1.807) is 43.0 Å². The van der Waals surface area contributed by atoms with Gasteiger partial charge in [0.15, 0.2) is 11.6 Å².